The highest BCUT2D eigenvalue weighted by Gasteiger charge is 2.53. The quantitative estimate of drug-likeness (QED) is 0.170. The number of hydrogen-bond acceptors (Lipinski definition) is 7. The third-order valence-electron chi connectivity index (χ3n) is 14.3. The molecule has 0 radical (unpaired) electrons. The second kappa shape index (κ2) is 14.3. The van der Waals surface area contributed by atoms with Crippen LogP contribution >= 0.6 is 0 Å². The molecule has 0 fully saturated rings. The smallest absolute Gasteiger partial charge is 0.164 e. The third-order valence-corrected chi connectivity index (χ3v) is 14.3. The minimum absolute atomic E-state index is 0.540. The van der Waals surface area contributed by atoms with Gasteiger partial charge < -0.3 is 8.83 Å². The van der Waals surface area contributed by atoms with Gasteiger partial charge in [0.1, 0.15) is 22.3 Å². The Hall–Kier alpha value is -9.33. The van der Waals surface area contributed by atoms with Crippen LogP contribution in [0.3, 0.4) is 0 Å². The normalized spacial score (nSPS) is 13.0. The number of benzene rings is 8. The molecule has 0 N–H and O–H groups in total. The van der Waals surface area contributed by atoms with Crippen LogP contribution in [0.25, 0.3) is 123 Å². The minimum Gasteiger partial charge on any atom is -0.456 e. The molecule has 0 bridgehead atoms. The van der Waals surface area contributed by atoms with Crippen LogP contribution in [0.4, 0.5) is 0 Å². The first kappa shape index (κ1) is 37.8. The van der Waals surface area contributed by atoms with E-state index in [9.17, 15) is 0 Å². The number of fused-ring (bicyclic) bond motifs is 17. The van der Waals surface area contributed by atoms with E-state index < -0.39 is 5.41 Å². The summed E-state index contributed by atoms with van der Waals surface area (Å²) in [5, 5.41) is 4.34. The Kier molecular flexibility index (Phi) is 7.86. The Balaban J connectivity index is 0.960. The first-order chi connectivity index (χ1) is 34.2. The van der Waals surface area contributed by atoms with Crippen molar-refractivity contribution in [2.75, 3.05) is 0 Å². The zero-order valence-corrected chi connectivity index (χ0v) is 36.8. The fraction of sp³-hybridized carbons (Fsp3) is 0.0161. The molecule has 0 saturated heterocycles. The van der Waals surface area contributed by atoms with Crippen LogP contribution < -0.4 is 0 Å². The molecule has 5 heterocycles. The average molecular weight is 882 g/mol. The lowest BCUT2D eigenvalue weighted by Crippen LogP contribution is -2.26. The van der Waals surface area contributed by atoms with Crippen LogP contribution in [-0.4, -0.2) is 24.9 Å². The summed E-state index contributed by atoms with van der Waals surface area (Å²) in [5.74, 6) is 1.66. The summed E-state index contributed by atoms with van der Waals surface area (Å²) in [6.45, 7) is 0. The Morgan fingerprint density at radius 3 is 1.62 bits per heavy atom. The highest BCUT2D eigenvalue weighted by Crippen LogP contribution is 2.65. The van der Waals surface area contributed by atoms with Gasteiger partial charge in [0, 0.05) is 74.1 Å². The van der Waals surface area contributed by atoms with Gasteiger partial charge in [0.05, 0.1) is 5.41 Å². The minimum atomic E-state index is -0.632. The molecular weight excluding hydrogens is 847 g/mol. The van der Waals surface area contributed by atoms with Crippen molar-refractivity contribution in [2.45, 2.75) is 5.41 Å². The molecule has 2 aliphatic rings. The summed E-state index contributed by atoms with van der Waals surface area (Å²) >= 11 is 0. The van der Waals surface area contributed by atoms with E-state index in [1.807, 2.05) is 60.9 Å². The fourth-order valence-electron chi connectivity index (χ4n) is 11.4. The van der Waals surface area contributed by atoms with Crippen LogP contribution in [0.15, 0.2) is 222 Å². The number of aromatic nitrogens is 5. The molecule has 69 heavy (non-hydrogen) atoms. The Morgan fingerprint density at radius 1 is 0.319 bits per heavy atom. The van der Waals surface area contributed by atoms with Gasteiger partial charge in [-0.1, -0.05) is 121 Å². The molecule has 13 aromatic rings. The van der Waals surface area contributed by atoms with E-state index in [0.29, 0.717) is 17.5 Å². The molecule has 0 saturated carbocycles. The van der Waals surface area contributed by atoms with Gasteiger partial charge in [-0.05, 0) is 122 Å². The summed E-state index contributed by atoms with van der Waals surface area (Å²) in [6, 6.07) is 66.1. The summed E-state index contributed by atoms with van der Waals surface area (Å²) in [7, 11) is 0. The van der Waals surface area contributed by atoms with Crippen LogP contribution in [0.2, 0.25) is 0 Å². The standard InChI is InChI=1S/C62H35N5O2/c1-2-12-36(13-3-1)59-65-60(67-61(66-59)42-29-40(38-14-10-26-63-34-38)28-41(30-42)39-15-11-27-64-35-39)37-22-23-47-55(31-37)69-54-25-24-46-48-32-49-45-18-6-9-21-53(45)68-56(49)33-52(48)62(58(46)57(47)54)50-19-7-4-16-43(50)44-17-5-8-20-51(44)62/h1-35H. The highest BCUT2D eigenvalue weighted by atomic mass is 16.3. The lowest BCUT2D eigenvalue weighted by Gasteiger charge is -2.31. The molecule has 5 aromatic heterocycles. The van der Waals surface area contributed by atoms with Gasteiger partial charge in [-0.2, -0.15) is 0 Å². The number of hydrogen-bond donors (Lipinski definition) is 0. The topological polar surface area (TPSA) is 90.7 Å². The molecule has 1 spiro atoms. The maximum atomic E-state index is 7.00. The predicted octanol–water partition coefficient (Wildman–Crippen LogP) is 15.1. The number of pyridine rings is 2. The monoisotopic (exact) mass is 881 g/mol. The van der Waals surface area contributed by atoms with Crippen molar-refractivity contribution in [1.82, 2.24) is 24.9 Å². The van der Waals surface area contributed by atoms with Crippen molar-refractivity contribution in [1.29, 1.82) is 0 Å². The highest BCUT2D eigenvalue weighted by molar-refractivity contribution is 6.16. The van der Waals surface area contributed by atoms with Crippen LogP contribution in [0.5, 0.6) is 0 Å². The first-order valence-corrected chi connectivity index (χ1v) is 23.1. The van der Waals surface area contributed by atoms with Gasteiger partial charge in [0.15, 0.2) is 17.5 Å². The van der Waals surface area contributed by atoms with Gasteiger partial charge in [-0.3, -0.25) is 9.97 Å². The molecule has 0 unspecified atom stereocenters. The molecule has 0 amide bonds. The fourth-order valence-corrected chi connectivity index (χ4v) is 11.4. The van der Waals surface area contributed by atoms with Gasteiger partial charge in [-0.15, -0.1) is 0 Å². The summed E-state index contributed by atoms with van der Waals surface area (Å²) in [5.41, 5.74) is 19.0. The largest absolute Gasteiger partial charge is 0.456 e. The molecule has 15 rings (SSSR count). The van der Waals surface area contributed by atoms with Crippen molar-refractivity contribution in [3.05, 3.63) is 235 Å². The van der Waals surface area contributed by atoms with Crippen molar-refractivity contribution in [2.24, 2.45) is 0 Å². The zero-order valence-electron chi connectivity index (χ0n) is 36.8. The van der Waals surface area contributed by atoms with Crippen LogP contribution in [0.1, 0.15) is 22.3 Å². The van der Waals surface area contributed by atoms with E-state index in [1.54, 1.807) is 12.4 Å². The van der Waals surface area contributed by atoms with Gasteiger partial charge >= 0.3 is 0 Å². The van der Waals surface area contributed by atoms with Gasteiger partial charge in [-0.25, -0.2) is 15.0 Å². The van der Waals surface area contributed by atoms with Crippen molar-refractivity contribution in [3.63, 3.8) is 0 Å². The molecule has 320 valence electrons. The molecule has 2 aliphatic carbocycles. The Bertz CT molecular complexity index is 4150. The maximum absolute atomic E-state index is 7.00. The summed E-state index contributed by atoms with van der Waals surface area (Å²) in [4.78, 5) is 24.5. The summed E-state index contributed by atoms with van der Waals surface area (Å²) < 4.78 is 13.6. The molecule has 7 heteroatoms. The Morgan fingerprint density at radius 2 is 0.913 bits per heavy atom. The van der Waals surface area contributed by atoms with Crippen LogP contribution in [0, 0.1) is 0 Å². The van der Waals surface area contributed by atoms with Crippen molar-refractivity contribution < 1.29 is 8.83 Å². The first-order valence-electron chi connectivity index (χ1n) is 23.1. The maximum Gasteiger partial charge on any atom is 0.164 e. The predicted molar refractivity (Wildman–Crippen MR) is 273 cm³/mol. The Labute approximate surface area is 395 Å². The average Bonchev–Trinajstić information content (AvgIpc) is 4.15. The number of para-hydroxylation sites is 1. The lowest BCUT2D eigenvalue weighted by molar-refractivity contribution is 0.666. The van der Waals surface area contributed by atoms with Gasteiger partial charge in [0.25, 0.3) is 0 Å². The molecule has 7 nitrogen and oxygen atoms in total. The van der Waals surface area contributed by atoms with Crippen molar-refractivity contribution in [3.8, 4) is 78.7 Å². The molecule has 0 aliphatic heterocycles. The second-order valence-corrected chi connectivity index (χ2v) is 18.0. The second-order valence-electron chi connectivity index (χ2n) is 18.0. The zero-order chi connectivity index (χ0) is 45.2. The van der Waals surface area contributed by atoms with E-state index in [4.69, 9.17) is 23.8 Å². The van der Waals surface area contributed by atoms with Crippen LogP contribution in [-0.2, 0) is 5.41 Å². The SMILES string of the molecule is c1ccc(-c2nc(-c3cc(-c4cccnc4)cc(-c4cccnc4)c3)nc(-c3ccc4c(c3)oc3ccc5c(c34)C3(c4ccccc4-c4ccccc43)c3cc4oc6ccccc6c4cc3-5)n2)cc1. The van der Waals surface area contributed by atoms with Gasteiger partial charge in [0.2, 0.25) is 0 Å². The summed E-state index contributed by atoms with van der Waals surface area (Å²) in [6.07, 6.45) is 7.33. The number of rotatable bonds is 5. The molecule has 8 aromatic carbocycles. The van der Waals surface area contributed by atoms with E-state index >= 15 is 0 Å². The third kappa shape index (κ3) is 5.47. The van der Waals surface area contributed by atoms with E-state index in [-0.39, 0.29) is 0 Å². The van der Waals surface area contributed by atoms with E-state index in [2.05, 4.69) is 149 Å². The lowest BCUT2D eigenvalue weighted by atomic mass is 9.69. The number of nitrogens with zero attached hydrogens (tertiary/aromatic N) is 5. The number of furan rings is 2. The molecular formula is C62H35N5O2. The van der Waals surface area contributed by atoms with Crippen molar-refractivity contribution >= 4 is 43.9 Å². The van der Waals surface area contributed by atoms with E-state index in [1.165, 1.54) is 44.5 Å². The van der Waals surface area contributed by atoms with E-state index in [0.717, 1.165) is 82.8 Å². The molecule has 0 atom stereocenters.